The molecule has 2 aliphatic rings. The molecule has 4 atom stereocenters. The van der Waals surface area contributed by atoms with Crippen LogP contribution in [0.4, 0.5) is 0 Å². The molecule has 1 aromatic carbocycles. The van der Waals surface area contributed by atoms with E-state index in [1.807, 2.05) is 30.5 Å². The lowest BCUT2D eigenvalue weighted by molar-refractivity contribution is -0.149. The lowest BCUT2D eigenvalue weighted by atomic mass is 10.0. The Bertz CT molecular complexity index is 1270. The number of likely N-dealkylation sites (tertiary alicyclic amines) is 2. The maximum absolute atomic E-state index is 13.5. The number of hydrogen-bond donors (Lipinski definition) is 6. The third-order valence-electron chi connectivity index (χ3n) is 7.65. The summed E-state index contributed by atoms with van der Waals surface area (Å²) in [4.78, 5) is 61.8. The Morgan fingerprint density at radius 1 is 1.05 bits per heavy atom. The number of nitrogens with zero attached hydrogens (tertiary/aromatic N) is 3. The van der Waals surface area contributed by atoms with Crippen molar-refractivity contribution in [2.24, 2.45) is 22.2 Å². The highest BCUT2D eigenvalue weighted by Gasteiger charge is 2.40. The predicted molar refractivity (Wildman–Crippen MR) is 149 cm³/mol. The van der Waals surface area contributed by atoms with Gasteiger partial charge in [0.2, 0.25) is 17.7 Å². The molecule has 3 heterocycles. The number of nitrogens with one attached hydrogen (secondary N) is 2. The van der Waals surface area contributed by atoms with Gasteiger partial charge in [-0.2, -0.15) is 0 Å². The quantitative estimate of drug-likeness (QED) is 0.122. The number of hydrogen-bond acceptors (Lipinski definition) is 6. The molecular formula is C27H38N8O5. The third kappa shape index (κ3) is 6.53. The van der Waals surface area contributed by atoms with Gasteiger partial charge in [0, 0.05) is 36.7 Å². The molecule has 13 heteroatoms. The van der Waals surface area contributed by atoms with Crippen molar-refractivity contribution in [3.63, 3.8) is 0 Å². The minimum atomic E-state index is -1.08. The largest absolute Gasteiger partial charge is 0.480 e. The average Bonchev–Trinajstić information content (AvgIpc) is 3.69. The van der Waals surface area contributed by atoms with Crippen LogP contribution in [-0.4, -0.2) is 93.3 Å². The van der Waals surface area contributed by atoms with Crippen LogP contribution in [0.1, 0.15) is 44.1 Å². The summed E-state index contributed by atoms with van der Waals surface area (Å²) in [6.07, 6.45) is 4.74. The summed E-state index contributed by atoms with van der Waals surface area (Å²) in [6, 6.07) is 4.23. The second-order valence-electron chi connectivity index (χ2n) is 10.4. The first-order chi connectivity index (χ1) is 19.2. The zero-order valence-electron chi connectivity index (χ0n) is 22.4. The summed E-state index contributed by atoms with van der Waals surface area (Å²) in [5.41, 5.74) is 19.0. The van der Waals surface area contributed by atoms with E-state index in [0.717, 1.165) is 16.5 Å². The zero-order chi connectivity index (χ0) is 28.8. The smallest absolute Gasteiger partial charge is 0.326 e. The molecule has 2 aliphatic heterocycles. The van der Waals surface area contributed by atoms with Gasteiger partial charge in [0.1, 0.15) is 18.1 Å². The fourth-order valence-corrected chi connectivity index (χ4v) is 5.66. The molecule has 0 bridgehead atoms. The molecule has 0 aliphatic carbocycles. The van der Waals surface area contributed by atoms with Crippen molar-refractivity contribution in [3.8, 4) is 0 Å². The van der Waals surface area contributed by atoms with Gasteiger partial charge in [-0.15, -0.1) is 0 Å². The summed E-state index contributed by atoms with van der Waals surface area (Å²) < 4.78 is 0. The van der Waals surface area contributed by atoms with Gasteiger partial charge < -0.3 is 42.4 Å². The Hall–Kier alpha value is -4.13. The summed E-state index contributed by atoms with van der Waals surface area (Å²) >= 11 is 0. The highest BCUT2D eigenvalue weighted by Crippen LogP contribution is 2.23. The summed E-state index contributed by atoms with van der Waals surface area (Å²) in [6.45, 7) is 0.933. The summed E-state index contributed by atoms with van der Waals surface area (Å²) in [5.74, 6) is -2.41. The number of aromatic nitrogens is 1. The maximum atomic E-state index is 13.5. The van der Waals surface area contributed by atoms with E-state index in [0.29, 0.717) is 51.6 Å². The van der Waals surface area contributed by atoms with Crippen molar-refractivity contribution < 1.29 is 24.3 Å². The molecule has 0 radical (unpaired) electrons. The van der Waals surface area contributed by atoms with Gasteiger partial charge in [-0.05, 0) is 56.6 Å². The number of nitrogens with two attached hydrogens (primary N) is 3. The molecule has 1 aromatic heterocycles. The van der Waals surface area contributed by atoms with Crippen LogP contribution >= 0.6 is 0 Å². The number of fused-ring (bicyclic) bond motifs is 1. The van der Waals surface area contributed by atoms with Gasteiger partial charge in [-0.3, -0.25) is 19.4 Å². The number of carboxylic acid groups (broad SMARTS) is 1. The molecule has 9 N–H and O–H groups in total. The van der Waals surface area contributed by atoms with Gasteiger partial charge in [0.05, 0.1) is 6.04 Å². The number of H-pyrrole nitrogens is 1. The van der Waals surface area contributed by atoms with Gasteiger partial charge in [0.25, 0.3) is 0 Å². The molecular weight excluding hydrogens is 516 g/mol. The lowest BCUT2D eigenvalue weighted by Crippen LogP contribution is -2.56. The van der Waals surface area contributed by atoms with Gasteiger partial charge in [-0.25, -0.2) is 4.79 Å². The number of guanidine groups is 1. The number of aliphatic imine (C=N–C) groups is 1. The van der Waals surface area contributed by atoms with Crippen LogP contribution in [0, 0.1) is 0 Å². The number of para-hydroxylation sites is 1. The zero-order valence-corrected chi connectivity index (χ0v) is 22.4. The summed E-state index contributed by atoms with van der Waals surface area (Å²) in [5, 5.41) is 13.4. The van der Waals surface area contributed by atoms with Crippen molar-refractivity contribution in [3.05, 3.63) is 36.0 Å². The number of rotatable bonds is 11. The second kappa shape index (κ2) is 12.8. The van der Waals surface area contributed by atoms with Crippen LogP contribution < -0.4 is 22.5 Å². The van der Waals surface area contributed by atoms with E-state index in [4.69, 9.17) is 17.2 Å². The van der Waals surface area contributed by atoms with Crippen LogP contribution in [0.5, 0.6) is 0 Å². The Morgan fingerprint density at radius 2 is 1.73 bits per heavy atom. The minimum absolute atomic E-state index is 0.0820. The fraction of sp³-hybridized carbons (Fsp3) is 0.519. The maximum Gasteiger partial charge on any atom is 0.326 e. The standard InChI is InChI=1S/C27H38N8O5/c28-18(14-16-15-32-19-7-2-1-6-17(16)19)24(37)34-12-4-9-21(34)23(36)33-20(8-3-11-31-27(29)30)25(38)35-13-5-10-22(35)26(39)40/h1-2,6-7,15,18,20-22,32H,3-5,8-14,28H2,(H,33,36)(H,39,40)(H4,29,30,31). The molecule has 2 aromatic rings. The SMILES string of the molecule is NC(N)=NCCCC(NC(=O)C1CCCN1C(=O)C(N)Cc1c[nH]c2ccccc12)C(=O)N1CCCC1C(=O)O. The van der Waals surface area contributed by atoms with Gasteiger partial charge in [-0.1, -0.05) is 18.2 Å². The highest BCUT2D eigenvalue weighted by atomic mass is 16.4. The Morgan fingerprint density at radius 3 is 2.42 bits per heavy atom. The molecule has 2 saturated heterocycles. The van der Waals surface area contributed by atoms with E-state index in [1.165, 1.54) is 9.80 Å². The predicted octanol–water partition coefficient (Wildman–Crippen LogP) is -0.357. The number of carbonyl (C=O) groups is 4. The fourth-order valence-electron chi connectivity index (χ4n) is 5.66. The first-order valence-corrected chi connectivity index (χ1v) is 13.7. The van der Waals surface area contributed by atoms with Crippen LogP contribution in [-0.2, 0) is 25.6 Å². The van der Waals surface area contributed by atoms with Crippen molar-refractivity contribution in [1.29, 1.82) is 0 Å². The van der Waals surface area contributed by atoms with Crippen LogP contribution in [0.2, 0.25) is 0 Å². The van der Waals surface area contributed by atoms with E-state index in [-0.39, 0.29) is 24.8 Å². The molecule has 13 nitrogen and oxygen atoms in total. The molecule has 3 amide bonds. The molecule has 4 rings (SSSR count). The van der Waals surface area contributed by atoms with Crippen molar-refractivity contribution in [2.75, 3.05) is 19.6 Å². The number of carbonyl (C=O) groups excluding carboxylic acids is 3. The van der Waals surface area contributed by atoms with E-state index < -0.39 is 42.0 Å². The normalized spacial score (nSPS) is 20.3. The monoisotopic (exact) mass is 554 g/mol. The number of carboxylic acids is 1. The second-order valence-corrected chi connectivity index (χ2v) is 10.4. The van der Waals surface area contributed by atoms with E-state index in [1.54, 1.807) is 0 Å². The number of aromatic amines is 1. The molecule has 0 saturated carbocycles. The Kier molecular flexibility index (Phi) is 9.25. The number of aliphatic carboxylic acids is 1. The van der Waals surface area contributed by atoms with Gasteiger partial charge >= 0.3 is 5.97 Å². The Balaban J connectivity index is 1.44. The third-order valence-corrected chi connectivity index (χ3v) is 7.65. The average molecular weight is 555 g/mol. The molecule has 4 unspecified atom stereocenters. The molecule has 40 heavy (non-hydrogen) atoms. The van der Waals surface area contributed by atoms with Crippen molar-refractivity contribution in [2.45, 2.75) is 69.1 Å². The first kappa shape index (κ1) is 28.9. The van der Waals surface area contributed by atoms with Crippen LogP contribution in [0.3, 0.4) is 0 Å². The highest BCUT2D eigenvalue weighted by molar-refractivity contribution is 5.95. The first-order valence-electron chi connectivity index (χ1n) is 13.7. The number of benzene rings is 1. The summed E-state index contributed by atoms with van der Waals surface area (Å²) in [7, 11) is 0. The van der Waals surface area contributed by atoms with Crippen molar-refractivity contribution in [1.82, 2.24) is 20.1 Å². The van der Waals surface area contributed by atoms with E-state index >= 15 is 0 Å². The van der Waals surface area contributed by atoms with Crippen molar-refractivity contribution >= 4 is 40.6 Å². The Labute approximate surface area is 232 Å². The van der Waals surface area contributed by atoms with Crippen LogP contribution in [0.15, 0.2) is 35.5 Å². The molecule has 0 spiro atoms. The minimum Gasteiger partial charge on any atom is -0.480 e. The number of amides is 3. The lowest BCUT2D eigenvalue weighted by Gasteiger charge is -2.30. The van der Waals surface area contributed by atoms with E-state index in [2.05, 4.69) is 15.3 Å². The van der Waals surface area contributed by atoms with Gasteiger partial charge in [0.15, 0.2) is 5.96 Å². The topological polar surface area (TPSA) is 213 Å². The molecule has 2 fully saturated rings. The van der Waals surface area contributed by atoms with E-state index in [9.17, 15) is 24.3 Å². The van der Waals surface area contributed by atoms with Crippen LogP contribution in [0.25, 0.3) is 10.9 Å². The molecule has 216 valence electrons.